The van der Waals surface area contributed by atoms with Gasteiger partial charge in [0.2, 0.25) is 11.8 Å². The molecule has 2 amide bonds. The van der Waals surface area contributed by atoms with Gasteiger partial charge in [0.15, 0.2) is 5.78 Å². The monoisotopic (exact) mass is 654 g/mol. The molecule has 254 valence electrons. The van der Waals surface area contributed by atoms with Crippen molar-refractivity contribution >= 4 is 28.8 Å². The first kappa shape index (κ1) is 32.3. The van der Waals surface area contributed by atoms with Gasteiger partial charge in [0.1, 0.15) is 35.7 Å². The van der Waals surface area contributed by atoms with Gasteiger partial charge in [0.25, 0.3) is 0 Å². The predicted octanol–water partition coefficient (Wildman–Crippen LogP) is 5.86. The molecule has 4 aliphatic rings. The molecular weight excluding hydrogens is 608 g/mol. The number of rotatable bonds is 4. The van der Waals surface area contributed by atoms with Crippen LogP contribution in [0.3, 0.4) is 0 Å². The molecule has 2 aliphatic heterocycles. The zero-order valence-electron chi connectivity index (χ0n) is 28.3. The number of ketones is 1. The summed E-state index contributed by atoms with van der Waals surface area (Å²) in [4.78, 5) is 53.0. The third kappa shape index (κ3) is 6.33. The fraction of sp³-hybridized carbons (Fsp3) is 0.553. The first-order valence-electron chi connectivity index (χ1n) is 17.6. The van der Waals surface area contributed by atoms with E-state index in [0.29, 0.717) is 41.3 Å². The Morgan fingerprint density at radius 2 is 1.77 bits per heavy atom. The number of aryl methyl sites for hydroxylation is 1. The summed E-state index contributed by atoms with van der Waals surface area (Å²) in [6.45, 7) is 5.46. The van der Waals surface area contributed by atoms with Crippen molar-refractivity contribution in [1.82, 2.24) is 20.2 Å². The molecule has 3 aromatic rings. The smallest absolute Gasteiger partial charge is 0.408 e. The topological polar surface area (TPSA) is 120 Å². The summed E-state index contributed by atoms with van der Waals surface area (Å²) in [7, 11) is 1.62. The maximum absolute atomic E-state index is 14.5. The van der Waals surface area contributed by atoms with Gasteiger partial charge in [-0.15, -0.1) is 0 Å². The Kier molecular flexibility index (Phi) is 9.00. The lowest BCUT2D eigenvalue weighted by Gasteiger charge is -2.31. The molecule has 2 aliphatic carbocycles. The van der Waals surface area contributed by atoms with E-state index in [2.05, 4.69) is 5.32 Å². The molecule has 0 spiro atoms. The largest absolute Gasteiger partial charge is 0.497 e. The number of nitrogens with zero attached hydrogens (tertiary/aromatic N) is 3. The molecule has 1 aromatic heterocycles. The van der Waals surface area contributed by atoms with Gasteiger partial charge in [-0.05, 0) is 80.4 Å². The van der Waals surface area contributed by atoms with Crippen molar-refractivity contribution in [3.8, 4) is 11.6 Å². The van der Waals surface area contributed by atoms with Crippen LogP contribution in [0.15, 0.2) is 48.5 Å². The number of benzene rings is 2. The van der Waals surface area contributed by atoms with Crippen LogP contribution in [0.5, 0.6) is 11.6 Å². The average molecular weight is 655 g/mol. The van der Waals surface area contributed by atoms with Crippen molar-refractivity contribution in [3.63, 3.8) is 0 Å². The SMILES string of the molecule is COc1ccc2nc3c(nc2c1)O[C@H]1CN(C(=O)[C@H](C(C)C)NC(=O)O[C@@H]2CC4CC4[C@H]2CCCCC3)[C@H](C(C)=O)[C@@H]1c1ccccc1. The molecule has 2 unspecified atom stereocenters. The van der Waals surface area contributed by atoms with Crippen LogP contribution in [0, 0.1) is 23.7 Å². The van der Waals surface area contributed by atoms with Crippen LogP contribution < -0.4 is 14.8 Å². The van der Waals surface area contributed by atoms with Crippen molar-refractivity contribution in [2.24, 2.45) is 23.7 Å². The molecule has 2 saturated carbocycles. The minimum Gasteiger partial charge on any atom is -0.497 e. The molecule has 7 rings (SSSR count). The van der Waals surface area contributed by atoms with Crippen LogP contribution in [0.1, 0.15) is 76.5 Å². The highest BCUT2D eigenvalue weighted by molar-refractivity contribution is 5.93. The molecule has 3 heterocycles. The van der Waals surface area contributed by atoms with E-state index in [0.717, 1.165) is 48.9 Å². The van der Waals surface area contributed by atoms with Gasteiger partial charge in [0, 0.05) is 6.07 Å². The van der Waals surface area contributed by atoms with Crippen molar-refractivity contribution in [2.75, 3.05) is 13.7 Å². The van der Waals surface area contributed by atoms with Gasteiger partial charge in [-0.2, -0.15) is 0 Å². The molecule has 10 heteroatoms. The third-order valence-electron chi connectivity index (χ3n) is 11.0. The lowest BCUT2D eigenvalue weighted by atomic mass is 9.87. The van der Waals surface area contributed by atoms with Gasteiger partial charge in [0.05, 0.1) is 30.6 Å². The maximum atomic E-state index is 14.5. The number of amides is 2. The van der Waals surface area contributed by atoms with E-state index in [1.54, 1.807) is 12.0 Å². The number of fused-ring (bicyclic) bond motifs is 7. The Hall–Kier alpha value is -4.21. The average Bonchev–Trinajstić information content (AvgIpc) is 3.60. The second-order valence-electron chi connectivity index (χ2n) is 14.4. The van der Waals surface area contributed by atoms with Gasteiger partial charge in [-0.3, -0.25) is 9.59 Å². The fourth-order valence-electron chi connectivity index (χ4n) is 8.47. The summed E-state index contributed by atoms with van der Waals surface area (Å²) in [6.07, 6.45) is 5.45. The van der Waals surface area contributed by atoms with Crippen LogP contribution in [0.4, 0.5) is 4.79 Å². The molecule has 10 nitrogen and oxygen atoms in total. The third-order valence-corrected chi connectivity index (χ3v) is 11.0. The molecule has 48 heavy (non-hydrogen) atoms. The Labute approximate surface area is 281 Å². The highest BCUT2D eigenvalue weighted by atomic mass is 16.6. The van der Waals surface area contributed by atoms with E-state index in [4.69, 9.17) is 24.2 Å². The summed E-state index contributed by atoms with van der Waals surface area (Å²) < 4.78 is 18.4. The number of Topliss-reactive ketones (excluding diaryl/α,β-unsaturated/α-hetero) is 1. The van der Waals surface area contributed by atoms with E-state index in [1.165, 1.54) is 13.3 Å². The molecule has 2 bridgehead atoms. The van der Waals surface area contributed by atoms with Crippen molar-refractivity contribution < 1.29 is 28.6 Å². The molecule has 0 radical (unpaired) electrons. The van der Waals surface area contributed by atoms with Crippen LogP contribution in [0.25, 0.3) is 11.0 Å². The van der Waals surface area contributed by atoms with Gasteiger partial charge in [-0.25, -0.2) is 14.8 Å². The van der Waals surface area contributed by atoms with Crippen LogP contribution in [0.2, 0.25) is 0 Å². The summed E-state index contributed by atoms with van der Waals surface area (Å²) in [5, 5.41) is 2.92. The van der Waals surface area contributed by atoms with Crippen molar-refractivity contribution in [3.05, 3.63) is 59.8 Å². The second-order valence-corrected chi connectivity index (χ2v) is 14.4. The summed E-state index contributed by atoms with van der Waals surface area (Å²) in [5.41, 5.74) is 3.06. The van der Waals surface area contributed by atoms with Crippen LogP contribution >= 0.6 is 0 Å². The number of carbonyl (C=O) groups excluding carboxylic acids is 3. The van der Waals surface area contributed by atoms with E-state index in [-0.39, 0.29) is 30.3 Å². The Morgan fingerprint density at radius 3 is 2.52 bits per heavy atom. The number of ether oxygens (including phenoxy) is 3. The lowest BCUT2D eigenvalue weighted by molar-refractivity contribution is -0.139. The predicted molar refractivity (Wildman–Crippen MR) is 180 cm³/mol. The van der Waals surface area contributed by atoms with Gasteiger partial charge < -0.3 is 24.4 Å². The molecule has 8 atom stereocenters. The second kappa shape index (κ2) is 13.4. The van der Waals surface area contributed by atoms with E-state index >= 15 is 0 Å². The van der Waals surface area contributed by atoms with Crippen LogP contribution in [-0.4, -0.2) is 70.6 Å². The number of carbonyl (C=O) groups is 3. The molecular formula is C38H46N4O6. The van der Waals surface area contributed by atoms with Gasteiger partial charge in [-0.1, -0.05) is 57.0 Å². The van der Waals surface area contributed by atoms with E-state index in [1.807, 2.05) is 62.4 Å². The molecule has 2 aromatic carbocycles. The summed E-state index contributed by atoms with van der Waals surface area (Å²) in [6, 6.07) is 13.7. The highest BCUT2D eigenvalue weighted by Crippen LogP contribution is 2.57. The first-order valence-corrected chi connectivity index (χ1v) is 17.6. The quantitative estimate of drug-likeness (QED) is 0.372. The number of aromatic nitrogens is 2. The standard InChI is InChI=1S/C38H46N4O6/c1-21(2)34-37(44)42-20-32(33(35(42)22(3)43)23-11-7-5-8-12-23)47-36-29(39-28-16-15-25(46-4)19-30(28)40-36)14-10-6-9-13-26-27-17-24(27)18-31(26)48-38(45)41-34/h5,7-8,11-12,15-16,19,21,24,26-27,31-35H,6,9-10,13-14,17-18,20H2,1-4H3,(H,41,45)/t24?,26-,27?,31-,32+,33-,34+,35-/m1/s1. The minimum absolute atomic E-state index is 0.137. The number of alkyl carbamates (subject to hydrolysis) is 1. The number of methoxy groups -OCH3 is 1. The lowest BCUT2D eigenvalue weighted by Crippen LogP contribution is -2.54. The van der Waals surface area contributed by atoms with Gasteiger partial charge >= 0.3 is 6.09 Å². The van der Waals surface area contributed by atoms with Crippen molar-refractivity contribution in [1.29, 1.82) is 0 Å². The Bertz CT molecular complexity index is 1680. The number of nitrogens with one attached hydrogen (secondary N) is 1. The molecule has 1 saturated heterocycles. The minimum atomic E-state index is -0.869. The summed E-state index contributed by atoms with van der Waals surface area (Å²) in [5.74, 6) is 1.50. The molecule has 1 N–H and O–H groups in total. The van der Waals surface area contributed by atoms with Crippen molar-refractivity contribution in [2.45, 2.75) is 95.9 Å². The summed E-state index contributed by atoms with van der Waals surface area (Å²) >= 11 is 0. The normalized spacial score (nSPS) is 30.6. The Morgan fingerprint density at radius 1 is 0.958 bits per heavy atom. The number of hydrogen-bond donors (Lipinski definition) is 1. The first-order chi connectivity index (χ1) is 23.2. The zero-order chi connectivity index (χ0) is 33.5. The fourth-order valence-corrected chi connectivity index (χ4v) is 8.47. The highest BCUT2D eigenvalue weighted by Gasteiger charge is 2.55. The van der Waals surface area contributed by atoms with E-state index < -0.39 is 30.2 Å². The van der Waals surface area contributed by atoms with Crippen LogP contribution in [-0.2, 0) is 20.7 Å². The zero-order valence-corrected chi connectivity index (χ0v) is 28.3. The maximum Gasteiger partial charge on any atom is 0.408 e. The Balaban J connectivity index is 1.29. The molecule has 3 fully saturated rings. The van der Waals surface area contributed by atoms with E-state index in [9.17, 15) is 14.4 Å². The number of hydrogen-bond acceptors (Lipinski definition) is 8.